The Balaban J connectivity index is 0. The summed E-state index contributed by atoms with van der Waals surface area (Å²) in [4.78, 5) is 13.3. The molecule has 0 aliphatic heterocycles. The predicted molar refractivity (Wildman–Crippen MR) is 200 cm³/mol. The Labute approximate surface area is 304 Å². The van der Waals surface area contributed by atoms with Crippen LogP contribution in [0.5, 0.6) is 0 Å². The Bertz CT molecular complexity index is 789. The molecule has 0 spiro atoms. The first-order valence-electron chi connectivity index (χ1n) is 19.5. The third kappa shape index (κ3) is 38.7. The number of hydrogen-bond donors (Lipinski definition) is 3. The first-order chi connectivity index (χ1) is 21.8. The van der Waals surface area contributed by atoms with Crippen LogP contribution in [0.1, 0.15) is 207 Å². The number of rotatable bonds is 32. The van der Waals surface area contributed by atoms with E-state index < -0.39 is 10.4 Å². The summed E-state index contributed by atoms with van der Waals surface area (Å²) in [5.41, 5.74) is 6.47. The molecule has 0 heterocycles. The van der Waals surface area contributed by atoms with Crippen LogP contribution in [-0.4, -0.2) is 57.3 Å². The van der Waals surface area contributed by atoms with Crippen molar-refractivity contribution in [3.63, 3.8) is 0 Å². The van der Waals surface area contributed by atoms with E-state index in [2.05, 4.69) is 39.8 Å². The number of unbranched alkanes of at least 4 members (excludes halogenated alkanes) is 23. The van der Waals surface area contributed by atoms with Gasteiger partial charge in [-0.1, -0.05) is 90.2 Å². The second-order valence-electron chi connectivity index (χ2n) is 14.8. The van der Waals surface area contributed by atoms with Gasteiger partial charge in [-0.3, -0.25) is 9.11 Å². The van der Waals surface area contributed by atoms with Gasteiger partial charge in [0.1, 0.15) is 0 Å². The molecule has 0 aliphatic rings. The van der Waals surface area contributed by atoms with Crippen molar-refractivity contribution in [3.8, 4) is 0 Å². The quantitative estimate of drug-likeness (QED) is 0.0281. The van der Waals surface area contributed by atoms with E-state index in [1.54, 1.807) is 0 Å². The van der Waals surface area contributed by atoms with Crippen LogP contribution in [0.4, 0.5) is 0 Å². The maximum absolute atomic E-state index is 13.3. The van der Waals surface area contributed by atoms with Gasteiger partial charge in [-0.15, -0.1) is 0 Å². The average molecular weight is 682 g/mol. The van der Waals surface area contributed by atoms with Crippen molar-refractivity contribution in [2.75, 3.05) is 0 Å². The topological polar surface area (TPSA) is 118 Å². The molecule has 0 fully saturated rings. The first kappa shape index (κ1) is 48.4. The maximum atomic E-state index is 13.3. The summed E-state index contributed by atoms with van der Waals surface area (Å²) in [7, 11) is -4.67. The molecule has 0 aromatic carbocycles. The first-order valence-corrected chi connectivity index (χ1v) is 21.9. The Kier molecular flexibility index (Phi) is 35.4. The summed E-state index contributed by atoms with van der Waals surface area (Å²) >= 11 is 0.969. The van der Waals surface area contributed by atoms with Gasteiger partial charge in [-0.25, -0.2) is 0 Å². The molecular formula is C38H76NNaO5S. The van der Waals surface area contributed by atoms with Gasteiger partial charge in [0.05, 0.1) is 0 Å². The molecule has 0 bridgehead atoms. The number of Topliss-reactive ketones (excluding diaryl/α,β-unsaturated/α-hetero) is 1. The van der Waals surface area contributed by atoms with Crippen LogP contribution in [0.3, 0.4) is 0 Å². The van der Waals surface area contributed by atoms with Crippen molar-refractivity contribution in [1.82, 2.24) is 0 Å². The summed E-state index contributed by atoms with van der Waals surface area (Å²) < 4.78 is 31.6. The molecular weight excluding hydrogens is 605 g/mol. The van der Waals surface area contributed by atoms with Crippen LogP contribution in [0.15, 0.2) is 12.2 Å². The number of carbonyl (C=O) groups excluding carboxylic acids is 1. The van der Waals surface area contributed by atoms with Gasteiger partial charge in [-0.05, 0) is 12.8 Å². The van der Waals surface area contributed by atoms with Crippen molar-refractivity contribution in [1.29, 1.82) is 0 Å². The number of ketones is 1. The maximum Gasteiger partial charge on any atom is 0.394 e. The molecule has 0 saturated heterocycles. The standard InChI is InChI=1S/C38H74NO.Na.H2O4S/c1-5-7-9-11-13-15-17-19-20-21-22-24-26-28-30-32-34-36(38(40)37(39)35(3)4)33-31-29-27-25-23-18-16-14-12-10-8-6-2;;1-5(2,3)4/h19-20,36-37H,5-18,21-34,39H2,1-4H3;;(H2,1,2,3,4)/b20-19-;;. The van der Waals surface area contributed by atoms with Crippen LogP contribution in [0.2, 0.25) is 2.66 Å². The Morgan fingerprint density at radius 1 is 0.609 bits per heavy atom. The van der Waals surface area contributed by atoms with Crippen molar-refractivity contribution >= 4 is 44.1 Å². The minimum absolute atomic E-state index is 0.00501. The van der Waals surface area contributed by atoms with Crippen molar-refractivity contribution in [3.05, 3.63) is 12.2 Å². The monoisotopic (exact) mass is 682 g/mol. The summed E-state index contributed by atoms with van der Waals surface area (Å²) in [5, 5.41) is 0. The number of allylic oxidation sites excluding steroid dienone is 2. The van der Waals surface area contributed by atoms with Crippen LogP contribution in [-0.2, 0) is 15.2 Å². The zero-order chi connectivity index (χ0) is 34.9. The zero-order valence-electron chi connectivity index (χ0n) is 31.2. The molecule has 46 heavy (non-hydrogen) atoms. The molecule has 0 radical (unpaired) electrons. The Morgan fingerprint density at radius 3 is 1.15 bits per heavy atom. The van der Waals surface area contributed by atoms with Gasteiger partial charge in [-0.2, -0.15) is 8.42 Å². The van der Waals surface area contributed by atoms with Gasteiger partial charge in [0.2, 0.25) is 0 Å². The SMILES string of the molecule is CCCCCCCC/C=C\CCCCCCCCC(CCCCCCCCCCCCCC)C(=O)C(N)[C](C)(C)[Na].O=S(=O)(O)O. The molecule has 2 unspecified atom stereocenters. The van der Waals surface area contributed by atoms with Gasteiger partial charge in [0.15, 0.2) is 0 Å². The summed E-state index contributed by atoms with van der Waals surface area (Å²) in [6, 6.07) is -0.273. The molecule has 4 N–H and O–H groups in total. The minimum Gasteiger partial charge on any atom is -0.264 e. The van der Waals surface area contributed by atoms with Crippen molar-refractivity contribution in [2.45, 2.75) is 216 Å². The van der Waals surface area contributed by atoms with Crippen LogP contribution in [0.25, 0.3) is 0 Å². The fourth-order valence-electron chi connectivity index (χ4n) is 5.98. The molecule has 0 aromatic rings. The third-order valence-corrected chi connectivity index (χ3v) is 9.73. The van der Waals surface area contributed by atoms with E-state index in [9.17, 15) is 4.79 Å². The fraction of sp³-hybridized carbons (Fsp3) is 0.921. The minimum atomic E-state index is -4.67. The number of hydrogen-bond acceptors (Lipinski definition) is 4. The van der Waals surface area contributed by atoms with E-state index in [0.717, 1.165) is 40.8 Å². The van der Waals surface area contributed by atoms with E-state index in [0.29, 0.717) is 5.78 Å². The summed E-state index contributed by atoms with van der Waals surface area (Å²) in [5.74, 6) is 0.555. The Morgan fingerprint density at radius 2 is 0.870 bits per heavy atom. The van der Waals surface area contributed by atoms with Gasteiger partial charge >= 0.3 is 186 Å². The molecule has 0 aromatic heterocycles. The Hall–Kier alpha value is 0.240. The molecule has 0 aliphatic carbocycles. The summed E-state index contributed by atoms with van der Waals surface area (Å²) in [6.07, 6.45) is 42.1. The fourth-order valence-corrected chi connectivity index (χ4v) is 6.26. The van der Waals surface area contributed by atoms with Gasteiger partial charge < -0.3 is 0 Å². The molecule has 0 saturated carbocycles. The average Bonchev–Trinajstić information content (AvgIpc) is 2.98. The van der Waals surface area contributed by atoms with Crippen LogP contribution >= 0.6 is 0 Å². The van der Waals surface area contributed by atoms with Crippen molar-refractivity contribution < 1.29 is 22.3 Å². The normalized spacial score (nSPS) is 13.5. The van der Waals surface area contributed by atoms with Gasteiger partial charge in [0, 0.05) is 0 Å². The van der Waals surface area contributed by atoms with Gasteiger partial charge in [0.25, 0.3) is 0 Å². The molecule has 6 nitrogen and oxygen atoms in total. The van der Waals surface area contributed by atoms with Crippen LogP contribution < -0.4 is 5.73 Å². The molecule has 2 atom stereocenters. The van der Waals surface area contributed by atoms with E-state index in [1.807, 2.05) is 0 Å². The van der Waals surface area contributed by atoms with E-state index in [4.69, 9.17) is 23.3 Å². The second-order valence-corrected chi connectivity index (χ2v) is 18.3. The molecule has 8 heteroatoms. The van der Waals surface area contributed by atoms with E-state index in [-0.39, 0.29) is 14.6 Å². The molecule has 0 rings (SSSR count). The number of nitrogens with two attached hydrogens (primary N) is 1. The van der Waals surface area contributed by atoms with Crippen LogP contribution in [0, 0.1) is 5.92 Å². The second kappa shape index (κ2) is 33.7. The summed E-state index contributed by atoms with van der Waals surface area (Å²) in [6.45, 7) is 8.92. The predicted octanol–water partition coefficient (Wildman–Crippen LogP) is 11.7. The van der Waals surface area contributed by atoms with E-state index >= 15 is 0 Å². The number of carbonyl (C=O) groups is 1. The third-order valence-electron chi connectivity index (χ3n) is 9.11. The van der Waals surface area contributed by atoms with Crippen molar-refractivity contribution in [2.24, 2.45) is 11.7 Å². The smallest absolute Gasteiger partial charge is 0.264 e. The largest absolute Gasteiger partial charge is 0.394 e. The zero-order valence-corrected chi connectivity index (χ0v) is 34.0. The molecule has 270 valence electrons. The van der Waals surface area contributed by atoms with E-state index in [1.165, 1.54) is 167 Å². The molecule has 0 amide bonds.